The van der Waals surface area contributed by atoms with E-state index in [1.54, 1.807) is 24.5 Å². The summed E-state index contributed by atoms with van der Waals surface area (Å²) in [5.41, 5.74) is 0.705. The second kappa shape index (κ2) is 9.55. The standard InChI is InChI=1S/C17H17N3O6S.Na/c1-9(21)26-7-11-8-27-16-13(15(23)20(16)14(11)17(24)25)19-12(22)5-10-3-2-4-18-6-10;/h2-4,6,13,16H,5,7-8H2,1H3,(H,19,22)(H,24,25);/q;+1/p-1/t13-,16-;/m1./s1. The molecule has 0 bridgehead atoms. The fraction of sp³-hybridized carbons (Fsp3) is 0.353. The van der Waals surface area contributed by atoms with Gasteiger partial charge in [0.05, 0.1) is 18.1 Å². The molecule has 9 nitrogen and oxygen atoms in total. The van der Waals surface area contributed by atoms with E-state index in [9.17, 15) is 24.3 Å². The molecule has 3 heterocycles. The van der Waals surface area contributed by atoms with Crippen LogP contribution in [0, 0.1) is 0 Å². The van der Waals surface area contributed by atoms with Crippen molar-refractivity contribution in [1.29, 1.82) is 0 Å². The van der Waals surface area contributed by atoms with Crippen molar-refractivity contribution in [3.63, 3.8) is 0 Å². The summed E-state index contributed by atoms with van der Waals surface area (Å²) < 4.78 is 4.85. The fourth-order valence-electron chi connectivity index (χ4n) is 2.88. The first-order valence-corrected chi connectivity index (χ1v) is 9.13. The number of carboxylic acid groups (broad SMARTS) is 1. The van der Waals surface area contributed by atoms with Crippen LogP contribution in [0.4, 0.5) is 0 Å². The third-order valence-electron chi connectivity index (χ3n) is 4.09. The first-order valence-electron chi connectivity index (χ1n) is 8.08. The van der Waals surface area contributed by atoms with E-state index in [1.807, 2.05) is 0 Å². The second-order valence-electron chi connectivity index (χ2n) is 6.01. The smallest absolute Gasteiger partial charge is 0.543 e. The molecule has 2 atom stereocenters. The summed E-state index contributed by atoms with van der Waals surface area (Å²) in [6, 6.07) is 2.63. The number of thioether (sulfide) groups is 1. The maximum atomic E-state index is 12.4. The number of hydrogen-bond acceptors (Lipinski definition) is 8. The largest absolute Gasteiger partial charge is 1.00 e. The average molecular weight is 413 g/mol. The Morgan fingerprint density at radius 2 is 2.18 bits per heavy atom. The summed E-state index contributed by atoms with van der Waals surface area (Å²) in [6.45, 7) is 0.987. The number of carbonyl (C=O) groups is 4. The second-order valence-corrected chi connectivity index (χ2v) is 7.12. The number of nitrogens with zero attached hydrogens (tertiary/aromatic N) is 2. The number of hydrogen-bond donors (Lipinski definition) is 1. The number of nitrogens with one attached hydrogen (secondary N) is 1. The molecule has 28 heavy (non-hydrogen) atoms. The summed E-state index contributed by atoms with van der Waals surface area (Å²) in [5.74, 6) is -2.71. The van der Waals surface area contributed by atoms with Crippen molar-refractivity contribution in [2.75, 3.05) is 12.4 Å². The van der Waals surface area contributed by atoms with Crippen molar-refractivity contribution in [2.45, 2.75) is 24.8 Å². The van der Waals surface area contributed by atoms with E-state index in [2.05, 4.69) is 10.3 Å². The molecular weight excluding hydrogens is 397 g/mol. The molecule has 1 N–H and O–H groups in total. The average Bonchev–Trinajstić information content (AvgIpc) is 2.64. The number of rotatable bonds is 6. The Morgan fingerprint density at radius 1 is 1.43 bits per heavy atom. The monoisotopic (exact) mass is 413 g/mol. The molecule has 1 fully saturated rings. The molecule has 2 aliphatic heterocycles. The van der Waals surface area contributed by atoms with Crippen molar-refractivity contribution in [1.82, 2.24) is 15.2 Å². The number of amides is 2. The molecule has 0 aliphatic carbocycles. The first kappa shape index (κ1) is 22.4. The number of carboxylic acids is 1. The van der Waals surface area contributed by atoms with E-state index in [-0.39, 0.29) is 59.9 Å². The van der Waals surface area contributed by atoms with Crippen molar-refractivity contribution in [3.8, 4) is 0 Å². The summed E-state index contributed by atoms with van der Waals surface area (Å²) >= 11 is 1.29. The molecule has 0 aromatic carbocycles. The van der Waals surface area contributed by atoms with Gasteiger partial charge < -0.3 is 20.0 Å². The van der Waals surface area contributed by atoms with Gasteiger partial charge in [-0.05, 0) is 11.6 Å². The van der Waals surface area contributed by atoms with Crippen LogP contribution in [-0.4, -0.2) is 57.4 Å². The summed E-state index contributed by atoms with van der Waals surface area (Å²) in [6.07, 6.45) is 3.21. The molecule has 1 saturated heterocycles. The predicted octanol–water partition coefficient (Wildman–Crippen LogP) is -4.40. The minimum Gasteiger partial charge on any atom is -0.543 e. The van der Waals surface area contributed by atoms with Crippen molar-refractivity contribution in [3.05, 3.63) is 41.4 Å². The number of aromatic nitrogens is 1. The van der Waals surface area contributed by atoms with Crippen LogP contribution in [0.3, 0.4) is 0 Å². The molecule has 0 unspecified atom stereocenters. The quantitative estimate of drug-likeness (QED) is 0.281. The van der Waals surface area contributed by atoms with Gasteiger partial charge in [-0.15, -0.1) is 11.8 Å². The molecule has 2 aliphatic rings. The SMILES string of the molecule is CC(=O)OCC1=C(C(=O)[O-])N2C(=O)[C@@H](NC(=O)Cc3cccnc3)[C@H]2SC1.[Na+]. The van der Waals surface area contributed by atoms with Gasteiger partial charge in [0.1, 0.15) is 18.0 Å². The minimum absolute atomic E-state index is 0. The van der Waals surface area contributed by atoms with Crippen LogP contribution in [0.1, 0.15) is 12.5 Å². The predicted molar refractivity (Wildman–Crippen MR) is 91.6 cm³/mol. The van der Waals surface area contributed by atoms with Gasteiger partial charge in [0.15, 0.2) is 0 Å². The molecule has 0 spiro atoms. The molecule has 1 aromatic heterocycles. The zero-order valence-corrected chi connectivity index (χ0v) is 18.2. The number of carbonyl (C=O) groups excluding carboxylic acids is 4. The molecule has 2 amide bonds. The third kappa shape index (κ3) is 4.75. The van der Waals surface area contributed by atoms with Crippen LogP contribution in [0.25, 0.3) is 0 Å². The zero-order chi connectivity index (χ0) is 19.6. The van der Waals surface area contributed by atoms with Crippen LogP contribution in [0.2, 0.25) is 0 Å². The van der Waals surface area contributed by atoms with E-state index in [0.29, 0.717) is 11.1 Å². The Bertz CT molecular complexity index is 831. The summed E-state index contributed by atoms with van der Waals surface area (Å²) in [4.78, 5) is 52.1. The molecule has 142 valence electrons. The molecular formula is C17H16N3NaO6S. The third-order valence-corrected chi connectivity index (χ3v) is 5.43. The number of aliphatic carboxylic acids is 1. The maximum Gasteiger partial charge on any atom is 1.00 e. The Labute approximate surface area is 187 Å². The zero-order valence-electron chi connectivity index (χ0n) is 15.3. The van der Waals surface area contributed by atoms with Gasteiger partial charge in [-0.1, -0.05) is 6.07 Å². The number of β-lactam (4-membered cyclic amide) rings is 1. The van der Waals surface area contributed by atoms with E-state index < -0.39 is 29.3 Å². The molecule has 3 rings (SSSR count). The summed E-state index contributed by atoms with van der Waals surface area (Å²) in [5, 5.41) is 13.6. The van der Waals surface area contributed by atoms with Gasteiger partial charge in [0, 0.05) is 30.6 Å². The summed E-state index contributed by atoms with van der Waals surface area (Å²) in [7, 11) is 0. The number of esters is 1. The van der Waals surface area contributed by atoms with Crippen LogP contribution < -0.4 is 40.0 Å². The Morgan fingerprint density at radius 3 is 2.79 bits per heavy atom. The van der Waals surface area contributed by atoms with Gasteiger partial charge in [0.25, 0.3) is 5.91 Å². The number of ether oxygens (including phenoxy) is 1. The van der Waals surface area contributed by atoms with Crippen LogP contribution in [0.15, 0.2) is 35.8 Å². The van der Waals surface area contributed by atoms with E-state index >= 15 is 0 Å². The minimum atomic E-state index is -1.52. The van der Waals surface area contributed by atoms with Crippen molar-refractivity contribution in [2.24, 2.45) is 0 Å². The van der Waals surface area contributed by atoms with Crippen LogP contribution >= 0.6 is 11.8 Å². The van der Waals surface area contributed by atoms with Gasteiger partial charge in [-0.2, -0.15) is 0 Å². The van der Waals surface area contributed by atoms with Gasteiger partial charge in [0.2, 0.25) is 5.91 Å². The van der Waals surface area contributed by atoms with Crippen molar-refractivity contribution >= 4 is 35.5 Å². The van der Waals surface area contributed by atoms with Crippen LogP contribution in [0.5, 0.6) is 0 Å². The first-order chi connectivity index (χ1) is 12.9. The molecule has 0 saturated carbocycles. The van der Waals surface area contributed by atoms with Crippen molar-refractivity contribution < 1.29 is 58.6 Å². The normalized spacial score (nSPS) is 20.5. The topological polar surface area (TPSA) is 129 Å². The van der Waals surface area contributed by atoms with E-state index in [0.717, 1.165) is 4.90 Å². The Balaban J connectivity index is 0.00000280. The molecule has 0 radical (unpaired) electrons. The van der Waals surface area contributed by atoms with Crippen LogP contribution in [-0.2, 0) is 30.3 Å². The number of fused-ring (bicyclic) bond motifs is 1. The Hall–Kier alpha value is -1.88. The van der Waals surface area contributed by atoms with Gasteiger partial charge in [-0.25, -0.2) is 0 Å². The van der Waals surface area contributed by atoms with Gasteiger partial charge >= 0.3 is 35.5 Å². The number of pyridine rings is 1. The maximum absolute atomic E-state index is 12.4. The van der Waals surface area contributed by atoms with E-state index in [4.69, 9.17) is 4.74 Å². The molecule has 1 aromatic rings. The molecule has 11 heteroatoms. The van der Waals surface area contributed by atoms with E-state index in [1.165, 1.54) is 18.7 Å². The van der Waals surface area contributed by atoms with Gasteiger partial charge in [-0.3, -0.25) is 24.3 Å². The fourth-order valence-corrected chi connectivity index (χ4v) is 4.21. The Kier molecular flexibility index (Phi) is 7.64.